The molecule has 114 valence electrons. The molecule has 1 aromatic carbocycles. The average Bonchev–Trinajstić information content (AvgIpc) is 2.51. The zero-order valence-electron chi connectivity index (χ0n) is 12.7. The van der Waals surface area contributed by atoms with Crippen LogP contribution in [-0.4, -0.2) is 17.2 Å². The molecule has 0 unspecified atom stereocenters. The Morgan fingerprint density at radius 1 is 1.19 bits per heavy atom. The van der Waals surface area contributed by atoms with Gasteiger partial charge in [-0.2, -0.15) is 0 Å². The number of nitrogens with one attached hydrogen (secondary N) is 1. The fourth-order valence-corrected chi connectivity index (χ4v) is 2.52. The van der Waals surface area contributed by atoms with Crippen LogP contribution in [0.2, 0.25) is 0 Å². The molecule has 2 rings (SSSR count). The molecule has 4 heteroatoms. The number of unbranched alkanes of at least 4 members (excludes halogenated alkanes) is 4. The lowest BCUT2D eigenvalue weighted by molar-refractivity contribution is 0.415. The number of aromatic amines is 1. The van der Waals surface area contributed by atoms with Crippen molar-refractivity contribution in [2.24, 2.45) is 0 Å². The number of hydrogen-bond donors (Lipinski definition) is 2. The molecule has 0 radical (unpaired) electrons. The first-order chi connectivity index (χ1) is 10.2. The van der Waals surface area contributed by atoms with E-state index in [-0.39, 0.29) is 11.2 Å². The third-order valence-electron chi connectivity index (χ3n) is 3.79. The van der Waals surface area contributed by atoms with Gasteiger partial charge in [0.15, 0.2) is 5.75 Å². The maximum atomic E-state index is 12.2. The largest absolute Gasteiger partial charge is 0.503 e. The molecule has 2 N–H and O–H groups in total. The molecule has 2 aromatic rings. The summed E-state index contributed by atoms with van der Waals surface area (Å²) in [6, 6.07) is 5.19. The smallest absolute Gasteiger partial charge is 0.231 e. The van der Waals surface area contributed by atoms with Gasteiger partial charge in [-0.15, -0.1) is 0 Å². The molecule has 4 nitrogen and oxygen atoms in total. The number of aryl methyl sites for hydroxylation is 1. The molecule has 21 heavy (non-hydrogen) atoms. The summed E-state index contributed by atoms with van der Waals surface area (Å²) in [5.74, 6) is 0.542. The Hall–Kier alpha value is -1.97. The number of fused-ring (bicyclic) bond motifs is 1. The van der Waals surface area contributed by atoms with Crippen molar-refractivity contribution in [2.75, 3.05) is 7.11 Å². The third kappa shape index (κ3) is 3.57. The summed E-state index contributed by atoms with van der Waals surface area (Å²) in [7, 11) is 1.59. The number of aromatic nitrogens is 1. The molecule has 0 aliphatic carbocycles. The Morgan fingerprint density at radius 3 is 2.67 bits per heavy atom. The van der Waals surface area contributed by atoms with Crippen molar-refractivity contribution in [1.82, 2.24) is 4.98 Å². The van der Waals surface area contributed by atoms with Gasteiger partial charge in [-0.1, -0.05) is 32.6 Å². The zero-order chi connectivity index (χ0) is 15.2. The Balaban J connectivity index is 2.23. The number of H-pyrrole nitrogens is 1. The standard InChI is InChI=1S/C17H23NO3/c1-3-4-5-6-7-8-14-17(20)16(19)13-10-9-12(21-2)11-15(13)18-14/h9-11,20H,3-8H2,1-2H3,(H,18,19). The molecule has 0 spiro atoms. The summed E-state index contributed by atoms with van der Waals surface area (Å²) in [6.45, 7) is 2.18. The van der Waals surface area contributed by atoms with E-state index in [9.17, 15) is 9.90 Å². The van der Waals surface area contributed by atoms with Crippen molar-refractivity contribution in [3.8, 4) is 11.5 Å². The van der Waals surface area contributed by atoms with Crippen LogP contribution in [0.15, 0.2) is 23.0 Å². The van der Waals surface area contributed by atoms with Crippen LogP contribution in [0.25, 0.3) is 10.9 Å². The zero-order valence-corrected chi connectivity index (χ0v) is 12.7. The Morgan fingerprint density at radius 2 is 1.95 bits per heavy atom. The van der Waals surface area contributed by atoms with Gasteiger partial charge < -0.3 is 14.8 Å². The van der Waals surface area contributed by atoms with Gasteiger partial charge in [0, 0.05) is 11.5 Å². The predicted molar refractivity (Wildman–Crippen MR) is 85.2 cm³/mol. The number of rotatable bonds is 7. The molecule has 0 bridgehead atoms. The first-order valence-corrected chi connectivity index (χ1v) is 7.59. The molecular weight excluding hydrogens is 266 g/mol. The van der Waals surface area contributed by atoms with E-state index in [0.29, 0.717) is 28.8 Å². The highest BCUT2D eigenvalue weighted by Crippen LogP contribution is 2.22. The van der Waals surface area contributed by atoms with E-state index < -0.39 is 0 Å². The van der Waals surface area contributed by atoms with E-state index in [4.69, 9.17) is 4.74 Å². The molecule has 0 saturated heterocycles. The van der Waals surface area contributed by atoms with E-state index in [1.165, 1.54) is 19.3 Å². The average molecular weight is 289 g/mol. The van der Waals surface area contributed by atoms with Crippen molar-refractivity contribution in [3.63, 3.8) is 0 Å². The van der Waals surface area contributed by atoms with Crippen molar-refractivity contribution < 1.29 is 9.84 Å². The van der Waals surface area contributed by atoms with Crippen LogP contribution >= 0.6 is 0 Å². The van der Waals surface area contributed by atoms with Gasteiger partial charge in [0.1, 0.15) is 5.75 Å². The Labute approximate surface area is 124 Å². The summed E-state index contributed by atoms with van der Waals surface area (Å²) in [5.41, 5.74) is 1.02. The van der Waals surface area contributed by atoms with Gasteiger partial charge >= 0.3 is 0 Å². The first-order valence-electron chi connectivity index (χ1n) is 7.59. The van der Waals surface area contributed by atoms with Crippen LogP contribution in [-0.2, 0) is 6.42 Å². The molecule has 0 fully saturated rings. The fraction of sp³-hybridized carbons (Fsp3) is 0.471. The van der Waals surface area contributed by atoms with Gasteiger partial charge in [-0.3, -0.25) is 4.79 Å². The van der Waals surface area contributed by atoms with Crippen molar-refractivity contribution >= 4 is 10.9 Å². The molecule has 0 amide bonds. The monoisotopic (exact) mass is 289 g/mol. The van der Waals surface area contributed by atoms with E-state index in [2.05, 4.69) is 11.9 Å². The second kappa shape index (κ2) is 7.16. The summed E-state index contributed by atoms with van der Waals surface area (Å²) in [4.78, 5) is 15.3. The highest BCUT2D eigenvalue weighted by atomic mass is 16.5. The number of benzene rings is 1. The van der Waals surface area contributed by atoms with Crippen molar-refractivity contribution in [1.29, 1.82) is 0 Å². The molecule has 0 saturated carbocycles. The maximum Gasteiger partial charge on any atom is 0.231 e. The van der Waals surface area contributed by atoms with Crippen LogP contribution in [0.1, 0.15) is 44.7 Å². The number of pyridine rings is 1. The Bertz CT molecular complexity index is 661. The highest BCUT2D eigenvalue weighted by molar-refractivity contribution is 5.81. The van der Waals surface area contributed by atoms with E-state index in [0.717, 1.165) is 12.8 Å². The summed E-state index contributed by atoms with van der Waals surface area (Å²) >= 11 is 0. The van der Waals surface area contributed by atoms with Gasteiger partial charge in [-0.25, -0.2) is 0 Å². The number of aromatic hydroxyl groups is 1. The lowest BCUT2D eigenvalue weighted by Crippen LogP contribution is -2.07. The van der Waals surface area contributed by atoms with Crippen LogP contribution in [0.4, 0.5) is 0 Å². The minimum absolute atomic E-state index is 0.150. The SMILES string of the molecule is CCCCCCCc1[nH]c2cc(OC)ccc2c(=O)c1O. The quantitative estimate of drug-likeness (QED) is 0.763. The van der Waals surface area contributed by atoms with Crippen LogP contribution < -0.4 is 10.2 Å². The normalized spacial score (nSPS) is 11.0. The van der Waals surface area contributed by atoms with Crippen molar-refractivity contribution in [3.05, 3.63) is 34.1 Å². The van der Waals surface area contributed by atoms with Crippen LogP contribution in [0.5, 0.6) is 11.5 Å². The highest BCUT2D eigenvalue weighted by Gasteiger charge is 2.11. The molecule has 0 aliphatic rings. The van der Waals surface area contributed by atoms with Crippen molar-refractivity contribution in [2.45, 2.75) is 45.4 Å². The Kier molecular flexibility index (Phi) is 5.26. The lowest BCUT2D eigenvalue weighted by Gasteiger charge is -2.08. The molecule has 0 atom stereocenters. The van der Waals surface area contributed by atoms with Gasteiger partial charge in [0.2, 0.25) is 5.43 Å². The lowest BCUT2D eigenvalue weighted by atomic mass is 10.1. The van der Waals surface area contributed by atoms with Gasteiger partial charge in [0.25, 0.3) is 0 Å². The molecule has 1 heterocycles. The number of hydrogen-bond acceptors (Lipinski definition) is 3. The summed E-state index contributed by atoms with van der Waals surface area (Å²) in [5, 5.41) is 10.5. The van der Waals surface area contributed by atoms with E-state index in [1.807, 2.05) is 0 Å². The number of ether oxygens (including phenoxy) is 1. The maximum absolute atomic E-state index is 12.2. The second-order valence-corrected chi connectivity index (χ2v) is 5.36. The number of methoxy groups -OCH3 is 1. The molecule has 0 aliphatic heterocycles. The van der Waals surface area contributed by atoms with E-state index >= 15 is 0 Å². The first kappa shape index (κ1) is 15.4. The van der Waals surface area contributed by atoms with Gasteiger partial charge in [-0.05, 0) is 25.0 Å². The van der Waals surface area contributed by atoms with Gasteiger partial charge in [0.05, 0.1) is 18.3 Å². The second-order valence-electron chi connectivity index (χ2n) is 5.36. The third-order valence-corrected chi connectivity index (χ3v) is 3.79. The van der Waals surface area contributed by atoms with E-state index in [1.54, 1.807) is 25.3 Å². The molecule has 1 aromatic heterocycles. The predicted octanol–water partition coefficient (Wildman–Crippen LogP) is 3.76. The minimum Gasteiger partial charge on any atom is -0.503 e. The fourth-order valence-electron chi connectivity index (χ4n) is 2.52. The van der Waals surface area contributed by atoms with Crippen LogP contribution in [0, 0.1) is 0 Å². The summed E-state index contributed by atoms with van der Waals surface area (Å²) < 4.78 is 5.17. The molecular formula is C17H23NO3. The summed E-state index contributed by atoms with van der Waals surface area (Å²) in [6.07, 6.45) is 6.42. The minimum atomic E-state index is -0.310. The topological polar surface area (TPSA) is 62.3 Å². The van der Waals surface area contributed by atoms with Crippen LogP contribution in [0.3, 0.4) is 0 Å².